The first-order valence-corrected chi connectivity index (χ1v) is 4.41. The lowest BCUT2D eigenvalue weighted by Gasteiger charge is -2.06. The fraction of sp³-hybridized carbons (Fsp3) is 0.200. The zero-order valence-corrected chi connectivity index (χ0v) is 8.93. The third kappa shape index (κ3) is 3.16. The molecule has 0 aliphatic heterocycles. The Morgan fingerprint density at radius 3 is 2.75 bits per heavy atom. The van der Waals surface area contributed by atoms with Gasteiger partial charge in [-0.25, -0.2) is 10.2 Å². The topological polar surface area (TPSA) is 80.2 Å². The van der Waals surface area contributed by atoms with Crippen LogP contribution >= 0.6 is 0 Å². The van der Waals surface area contributed by atoms with Crippen molar-refractivity contribution in [3.63, 3.8) is 0 Å². The molecule has 0 atom stereocenters. The van der Waals surface area contributed by atoms with Crippen LogP contribution in [0.1, 0.15) is 5.56 Å². The minimum Gasteiger partial charge on any atom is -0.497 e. The van der Waals surface area contributed by atoms with E-state index >= 15 is 0 Å². The van der Waals surface area contributed by atoms with Crippen LogP contribution in [-0.4, -0.2) is 31.6 Å². The van der Waals surface area contributed by atoms with E-state index in [1.54, 1.807) is 25.3 Å². The van der Waals surface area contributed by atoms with E-state index in [1.165, 1.54) is 13.3 Å². The van der Waals surface area contributed by atoms with E-state index in [9.17, 15) is 4.79 Å². The van der Waals surface area contributed by atoms with Crippen molar-refractivity contribution in [2.24, 2.45) is 5.10 Å². The van der Waals surface area contributed by atoms with E-state index in [0.717, 1.165) is 0 Å². The van der Waals surface area contributed by atoms with E-state index in [-0.39, 0.29) is 0 Å². The van der Waals surface area contributed by atoms with Crippen molar-refractivity contribution in [3.05, 3.63) is 23.8 Å². The highest BCUT2D eigenvalue weighted by Gasteiger charge is 2.02. The predicted octanol–water partition coefficient (Wildman–Crippen LogP) is 1.31. The lowest BCUT2D eigenvalue weighted by Crippen LogP contribution is -2.13. The summed E-state index contributed by atoms with van der Waals surface area (Å²) in [6, 6.07) is 5.12. The number of benzene rings is 1. The largest absolute Gasteiger partial charge is 0.497 e. The maximum atomic E-state index is 10.2. The molecule has 86 valence electrons. The van der Waals surface area contributed by atoms with Gasteiger partial charge in [0.2, 0.25) is 0 Å². The first kappa shape index (κ1) is 11.8. The Morgan fingerprint density at radius 2 is 2.19 bits per heavy atom. The molecule has 0 spiro atoms. The number of carbonyl (C=O) groups is 1. The molecule has 0 saturated heterocycles. The molecule has 0 aliphatic carbocycles. The molecular formula is C10H12N2O4. The Kier molecular flexibility index (Phi) is 4.14. The molecule has 0 aromatic heterocycles. The van der Waals surface area contributed by atoms with Gasteiger partial charge in [-0.3, -0.25) is 0 Å². The summed E-state index contributed by atoms with van der Waals surface area (Å²) in [4.78, 5) is 10.2. The lowest BCUT2D eigenvalue weighted by molar-refractivity contribution is 0.195. The van der Waals surface area contributed by atoms with Crippen LogP contribution in [0.3, 0.4) is 0 Å². The van der Waals surface area contributed by atoms with Gasteiger partial charge in [-0.15, -0.1) is 0 Å². The van der Waals surface area contributed by atoms with Crippen LogP contribution in [0.5, 0.6) is 11.5 Å². The molecule has 6 heteroatoms. The molecule has 6 nitrogen and oxygen atoms in total. The maximum absolute atomic E-state index is 10.2. The highest BCUT2D eigenvalue weighted by atomic mass is 16.5. The summed E-state index contributed by atoms with van der Waals surface area (Å²) in [5.74, 6) is 1.20. The lowest BCUT2D eigenvalue weighted by atomic mass is 10.2. The van der Waals surface area contributed by atoms with E-state index < -0.39 is 6.09 Å². The van der Waals surface area contributed by atoms with Crippen molar-refractivity contribution < 1.29 is 19.4 Å². The minimum atomic E-state index is -1.22. The van der Waals surface area contributed by atoms with Crippen LogP contribution in [0.15, 0.2) is 23.3 Å². The monoisotopic (exact) mass is 224 g/mol. The van der Waals surface area contributed by atoms with E-state index in [1.807, 2.05) is 5.43 Å². The average Bonchev–Trinajstić information content (AvgIpc) is 2.29. The molecule has 1 aromatic carbocycles. The number of amides is 1. The van der Waals surface area contributed by atoms with Crippen molar-refractivity contribution in [2.45, 2.75) is 0 Å². The van der Waals surface area contributed by atoms with Gasteiger partial charge in [-0.2, -0.15) is 5.10 Å². The number of hydrogen-bond acceptors (Lipinski definition) is 4. The quantitative estimate of drug-likeness (QED) is 0.596. The predicted molar refractivity (Wildman–Crippen MR) is 58.3 cm³/mol. The first-order valence-electron chi connectivity index (χ1n) is 4.41. The molecule has 1 amide bonds. The average molecular weight is 224 g/mol. The molecule has 0 bridgehead atoms. The third-order valence-corrected chi connectivity index (χ3v) is 1.80. The summed E-state index contributed by atoms with van der Waals surface area (Å²) >= 11 is 0. The second-order valence-corrected chi connectivity index (χ2v) is 2.78. The van der Waals surface area contributed by atoms with Crippen molar-refractivity contribution in [1.29, 1.82) is 0 Å². The van der Waals surface area contributed by atoms with Gasteiger partial charge in [0, 0.05) is 11.6 Å². The number of nitrogens with zero attached hydrogens (tertiary/aromatic N) is 1. The van der Waals surface area contributed by atoms with Gasteiger partial charge in [-0.1, -0.05) is 0 Å². The van der Waals surface area contributed by atoms with E-state index in [2.05, 4.69) is 5.10 Å². The zero-order valence-electron chi connectivity index (χ0n) is 8.93. The van der Waals surface area contributed by atoms with Crippen LogP contribution < -0.4 is 14.9 Å². The second-order valence-electron chi connectivity index (χ2n) is 2.78. The number of methoxy groups -OCH3 is 2. The molecule has 0 unspecified atom stereocenters. The smallest absolute Gasteiger partial charge is 0.425 e. The third-order valence-electron chi connectivity index (χ3n) is 1.80. The van der Waals surface area contributed by atoms with Crippen LogP contribution in [0, 0.1) is 0 Å². The van der Waals surface area contributed by atoms with Gasteiger partial charge in [-0.05, 0) is 12.1 Å². The van der Waals surface area contributed by atoms with Crippen LogP contribution in [0.2, 0.25) is 0 Å². The second kappa shape index (κ2) is 5.59. The number of carboxylic acid groups (broad SMARTS) is 1. The number of ether oxygens (including phenoxy) is 2. The Labute approximate surface area is 92.5 Å². The summed E-state index contributed by atoms with van der Waals surface area (Å²) < 4.78 is 10.1. The van der Waals surface area contributed by atoms with Crippen LogP contribution in [0.4, 0.5) is 4.79 Å². The van der Waals surface area contributed by atoms with Crippen LogP contribution in [-0.2, 0) is 0 Å². The Hall–Kier alpha value is -2.24. The maximum Gasteiger partial charge on any atom is 0.425 e. The molecular weight excluding hydrogens is 212 g/mol. The minimum absolute atomic E-state index is 0.551. The Balaban J connectivity index is 2.87. The number of rotatable bonds is 4. The standard InChI is InChI=1S/C10H12N2O4/c1-15-8-4-3-7(9(5-8)16-2)6-11-12-10(13)14/h3-6,12H,1-2H3,(H,13,14)/b11-6+. The van der Waals surface area contributed by atoms with Crippen LogP contribution in [0.25, 0.3) is 0 Å². The summed E-state index contributed by atoms with van der Waals surface area (Å²) in [6.07, 6.45) is 0.135. The fourth-order valence-electron chi connectivity index (χ4n) is 1.08. The molecule has 2 N–H and O–H groups in total. The van der Waals surface area contributed by atoms with Gasteiger partial charge in [0.05, 0.1) is 20.4 Å². The van der Waals surface area contributed by atoms with Crippen molar-refractivity contribution in [1.82, 2.24) is 5.43 Å². The van der Waals surface area contributed by atoms with Crippen molar-refractivity contribution >= 4 is 12.3 Å². The SMILES string of the molecule is COc1ccc(/C=N/NC(=O)O)c(OC)c1. The summed E-state index contributed by atoms with van der Waals surface area (Å²) in [5, 5.41) is 11.8. The number of hydrazone groups is 1. The van der Waals surface area contributed by atoms with Gasteiger partial charge < -0.3 is 14.6 Å². The van der Waals surface area contributed by atoms with Gasteiger partial charge in [0.1, 0.15) is 11.5 Å². The van der Waals surface area contributed by atoms with E-state index in [4.69, 9.17) is 14.6 Å². The van der Waals surface area contributed by atoms with Crippen molar-refractivity contribution in [2.75, 3.05) is 14.2 Å². The van der Waals surface area contributed by atoms with E-state index in [0.29, 0.717) is 17.1 Å². The summed E-state index contributed by atoms with van der Waals surface area (Å²) in [6.45, 7) is 0. The highest BCUT2D eigenvalue weighted by molar-refractivity contribution is 5.84. The molecule has 1 rings (SSSR count). The Bertz CT molecular complexity index is 404. The normalized spacial score (nSPS) is 10.1. The van der Waals surface area contributed by atoms with Gasteiger partial charge in [0.25, 0.3) is 0 Å². The molecule has 0 radical (unpaired) electrons. The van der Waals surface area contributed by atoms with Crippen molar-refractivity contribution in [3.8, 4) is 11.5 Å². The number of hydrogen-bond donors (Lipinski definition) is 2. The van der Waals surface area contributed by atoms with Gasteiger partial charge in [0.15, 0.2) is 0 Å². The molecule has 0 saturated carbocycles. The van der Waals surface area contributed by atoms with Gasteiger partial charge >= 0.3 is 6.09 Å². The molecule has 16 heavy (non-hydrogen) atoms. The Morgan fingerprint density at radius 1 is 1.44 bits per heavy atom. The summed E-state index contributed by atoms with van der Waals surface area (Å²) in [7, 11) is 3.06. The number of nitrogens with one attached hydrogen (secondary N) is 1. The molecule has 0 aliphatic rings. The summed E-state index contributed by atoms with van der Waals surface area (Å²) in [5.41, 5.74) is 2.52. The first-order chi connectivity index (χ1) is 7.67. The molecule has 0 heterocycles. The molecule has 0 fully saturated rings. The fourth-order valence-corrected chi connectivity index (χ4v) is 1.08. The highest BCUT2D eigenvalue weighted by Crippen LogP contribution is 2.22. The zero-order chi connectivity index (χ0) is 12.0. The molecule has 1 aromatic rings.